The lowest BCUT2D eigenvalue weighted by Gasteiger charge is -2.10. The van der Waals surface area contributed by atoms with Crippen LogP contribution in [0.3, 0.4) is 0 Å². The zero-order chi connectivity index (χ0) is 12.0. The van der Waals surface area contributed by atoms with Crippen LogP contribution >= 0.6 is 0 Å². The van der Waals surface area contributed by atoms with Gasteiger partial charge >= 0.3 is 0 Å². The molecule has 1 rings (SSSR count). The van der Waals surface area contributed by atoms with Gasteiger partial charge in [-0.15, -0.1) is 0 Å². The minimum absolute atomic E-state index is 0.0257. The Balaban J connectivity index is 2.50. The molecule has 0 aliphatic rings. The number of phenols is 1. The molecule has 1 amide bonds. The molecule has 1 atom stereocenters. The average Bonchev–Trinajstić information content (AvgIpc) is 2.29. The Hall–Kier alpha value is -1.88. The van der Waals surface area contributed by atoms with Gasteiger partial charge in [-0.05, 0) is 24.1 Å². The van der Waals surface area contributed by atoms with E-state index < -0.39 is 6.04 Å². The van der Waals surface area contributed by atoms with Crippen LogP contribution in [0.1, 0.15) is 5.56 Å². The highest BCUT2D eigenvalue weighted by atomic mass is 16.3. The third kappa shape index (κ3) is 3.70. The number of carbonyl (C=O) groups excluding carboxylic acids is 2. The van der Waals surface area contributed by atoms with Crippen molar-refractivity contribution in [3.63, 3.8) is 0 Å². The van der Waals surface area contributed by atoms with Crippen molar-refractivity contribution >= 4 is 12.2 Å². The van der Waals surface area contributed by atoms with Gasteiger partial charge in [0.25, 0.3) is 0 Å². The summed E-state index contributed by atoms with van der Waals surface area (Å²) in [6, 6.07) is 5.77. The first-order chi connectivity index (χ1) is 7.63. The third-order valence-corrected chi connectivity index (χ3v) is 2.09. The van der Waals surface area contributed by atoms with Crippen molar-refractivity contribution < 1.29 is 14.7 Å². The number of hydrogen-bond donors (Lipinski definition) is 3. The molecule has 0 aromatic heterocycles. The molecule has 86 valence electrons. The van der Waals surface area contributed by atoms with E-state index in [2.05, 4.69) is 5.32 Å². The molecular weight excluding hydrogens is 208 g/mol. The van der Waals surface area contributed by atoms with Gasteiger partial charge in [0.15, 0.2) is 0 Å². The van der Waals surface area contributed by atoms with Crippen molar-refractivity contribution in [2.45, 2.75) is 12.5 Å². The molecule has 5 nitrogen and oxygen atoms in total. The molecule has 0 aliphatic carbocycles. The highest BCUT2D eigenvalue weighted by molar-refractivity contribution is 5.83. The van der Waals surface area contributed by atoms with E-state index in [9.17, 15) is 9.59 Å². The maximum atomic E-state index is 11.3. The zero-order valence-electron chi connectivity index (χ0n) is 8.72. The normalized spacial score (nSPS) is 11.8. The average molecular weight is 222 g/mol. The van der Waals surface area contributed by atoms with Gasteiger partial charge in [0.05, 0.1) is 12.6 Å². The van der Waals surface area contributed by atoms with Gasteiger partial charge in [-0.2, -0.15) is 0 Å². The molecule has 1 aromatic carbocycles. The van der Waals surface area contributed by atoms with Crippen LogP contribution in [0, 0.1) is 0 Å². The molecule has 4 N–H and O–H groups in total. The van der Waals surface area contributed by atoms with E-state index >= 15 is 0 Å². The number of rotatable bonds is 5. The molecule has 0 aliphatic heterocycles. The van der Waals surface area contributed by atoms with Crippen molar-refractivity contribution in [2.75, 3.05) is 6.54 Å². The number of benzene rings is 1. The molecule has 5 heteroatoms. The van der Waals surface area contributed by atoms with Crippen molar-refractivity contribution in [1.82, 2.24) is 5.32 Å². The third-order valence-electron chi connectivity index (χ3n) is 2.09. The molecule has 0 fully saturated rings. The molecule has 0 radical (unpaired) electrons. The molecule has 0 bridgehead atoms. The van der Waals surface area contributed by atoms with Crippen molar-refractivity contribution in [3.05, 3.63) is 29.8 Å². The summed E-state index contributed by atoms with van der Waals surface area (Å²) >= 11 is 0. The first-order valence-electron chi connectivity index (χ1n) is 4.88. The fourth-order valence-corrected chi connectivity index (χ4v) is 1.25. The maximum Gasteiger partial charge on any atom is 0.237 e. The lowest BCUT2D eigenvalue weighted by molar-refractivity contribution is -0.123. The van der Waals surface area contributed by atoms with Gasteiger partial charge in [-0.25, -0.2) is 0 Å². The predicted octanol–water partition coefficient (Wildman–Crippen LogP) is -0.423. The maximum absolute atomic E-state index is 11.3. The Labute approximate surface area is 93.3 Å². The monoisotopic (exact) mass is 222 g/mol. The fourth-order valence-electron chi connectivity index (χ4n) is 1.25. The molecule has 1 unspecified atom stereocenters. The van der Waals surface area contributed by atoms with Crippen LogP contribution in [0.4, 0.5) is 0 Å². The van der Waals surface area contributed by atoms with Gasteiger partial charge in [0.1, 0.15) is 12.0 Å². The molecule has 0 saturated heterocycles. The van der Waals surface area contributed by atoms with Gasteiger partial charge < -0.3 is 21.0 Å². The first kappa shape index (κ1) is 12.2. The summed E-state index contributed by atoms with van der Waals surface area (Å²) in [5, 5.41) is 11.4. The van der Waals surface area contributed by atoms with Crippen LogP contribution in [0.5, 0.6) is 5.75 Å². The lowest BCUT2D eigenvalue weighted by atomic mass is 10.1. The van der Waals surface area contributed by atoms with E-state index in [0.29, 0.717) is 12.7 Å². The van der Waals surface area contributed by atoms with Crippen LogP contribution < -0.4 is 11.1 Å². The number of nitrogens with two attached hydrogens (primary N) is 1. The van der Waals surface area contributed by atoms with E-state index in [-0.39, 0.29) is 18.2 Å². The number of aldehydes is 1. The van der Waals surface area contributed by atoms with Crippen molar-refractivity contribution in [2.24, 2.45) is 5.73 Å². The van der Waals surface area contributed by atoms with Crippen molar-refractivity contribution in [1.29, 1.82) is 0 Å². The number of aromatic hydroxyl groups is 1. The van der Waals surface area contributed by atoms with Crippen molar-refractivity contribution in [3.8, 4) is 5.75 Å². The van der Waals surface area contributed by atoms with Gasteiger partial charge in [0.2, 0.25) is 5.91 Å². The summed E-state index contributed by atoms with van der Waals surface area (Å²) in [5.74, 6) is -0.192. The summed E-state index contributed by atoms with van der Waals surface area (Å²) < 4.78 is 0. The molecule has 16 heavy (non-hydrogen) atoms. The first-order valence-corrected chi connectivity index (χ1v) is 4.88. The van der Waals surface area contributed by atoms with Gasteiger partial charge in [-0.1, -0.05) is 12.1 Å². The van der Waals surface area contributed by atoms with E-state index in [1.165, 1.54) is 12.1 Å². The lowest BCUT2D eigenvalue weighted by Crippen LogP contribution is -2.42. The minimum atomic E-state index is -0.690. The highest BCUT2D eigenvalue weighted by Gasteiger charge is 2.12. The van der Waals surface area contributed by atoms with Crippen LogP contribution in [-0.4, -0.2) is 29.9 Å². The Morgan fingerprint density at radius 1 is 1.44 bits per heavy atom. The minimum Gasteiger partial charge on any atom is -0.508 e. The summed E-state index contributed by atoms with van der Waals surface area (Å²) in [7, 11) is 0. The number of carbonyl (C=O) groups is 2. The van der Waals surface area contributed by atoms with Crippen LogP contribution in [0.2, 0.25) is 0 Å². The Bertz CT molecular complexity index is 362. The standard InChI is InChI=1S/C11H14N2O3/c12-10(11(16)13-5-6-14)7-8-1-3-9(15)4-2-8/h1-4,6,10,15H,5,7,12H2,(H,13,16). The summed E-state index contributed by atoms with van der Waals surface area (Å²) in [6.45, 7) is -0.0257. The van der Waals surface area contributed by atoms with E-state index in [0.717, 1.165) is 5.56 Å². The van der Waals surface area contributed by atoms with Crippen LogP contribution in [0.25, 0.3) is 0 Å². The Kier molecular flexibility index (Phi) is 4.47. The summed E-state index contributed by atoms with van der Waals surface area (Å²) in [6.07, 6.45) is 0.968. The summed E-state index contributed by atoms with van der Waals surface area (Å²) in [5.41, 5.74) is 6.49. The van der Waals surface area contributed by atoms with Crippen LogP contribution in [0.15, 0.2) is 24.3 Å². The molecular formula is C11H14N2O3. The quantitative estimate of drug-likeness (QED) is 0.590. The van der Waals surface area contributed by atoms with E-state index in [1.54, 1.807) is 12.1 Å². The number of nitrogens with one attached hydrogen (secondary N) is 1. The molecule has 1 aromatic rings. The molecule has 0 spiro atoms. The highest BCUT2D eigenvalue weighted by Crippen LogP contribution is 2.10. The summed E-state index contributed by atoms with van der Waals surface area (Å²) in [4.78, 5) is 21.4. The second kappa shape index (κ2) is 5.87. The predicted molar refractivity (Wildman–Crippen MR) is 58.9 cm³/mol. The molecule has 0 saturated carbocycles. The van der Waals surface area contributed by atoms with E-state index in [4.69, 9.17) is 10.8 Å². The largest absolute Gasteiger partial charge is 0.508 e. The SMILES string of the molecule is NC(Cc1ccc(O)cc1)C(=O)NCC=O. The van der Waals surface area contributed by atoms with Gasteiger partial charge in [0, 0.05) is 0 Å². The van der Waals surface area contributed by atoms with E-state index in [1.807, 2.05) is 0 Å². The number of hydrogen-bond acceptors (Lipinski definition) is 4. The smallest absolute Gasteiger partial charge is 0.237 e. The van der Waals surface area contributed by atoms with Gasteiger partial charge in [-0.3, -0.25) is 4.79 Å². The molecule has 0 heterocycles. The Morgan fingerprint density at radius 3 is 2.62 bits per heavy atom. The number of amides is 1. The fraction of sp³-hybridized carbons (Fsp3) is 0.273. The number of phenolic OH excluding ortho intramolecular Hbond substituents is 1. The zero-order valence-corrected chi connectivity index (χ0v) is 8.72. The Morgan fingerprint density at radius 2 is 2.06 bits per heavy atom. The van der Waals surface area contributed by atoms with Crippen LogP contribution in [-0.2, 0) is 16.0 Å². The topological polar surface area (TPSA) is 92.4 Å². The second-order valence-corrected chi connectivity index (χ2v) is 3.39. The second-order valence-electron chi connectivity index (χ2n) is 3.39.